The molecule has 0 aliphatic carbocycles. The highest BCUT2D eigenvalue weighted by molar-refractivity contribution is 7.18. The third-order valence-electron chi connectivity index (χ3n) is 2.76. The number of hydrogen-bond acceptors (Lipinski definition) is 5. The minimum absolute atomic E-state index is 0.00174. The van der Waals surface area contributed by atoms with Gasteiger partial charge in [0.25, 0.3) is 0 Å². The van der Waals surface area contributed by atoms with Crippen LogP contribution in [0.3, 0.4) is 0 Å². The van der Waals surface area contributed by atoms with Crippen molar-refractivity contribution in [3.63, 3.8) is 0 Å². The fraction of sp³-hybridized carbons (Fsp3) is 0.133. The average Bonchev–Trinajstić information content (AvgIpc) is 2.91. The Kier molecular flexibility index (Phi) is 4.18. The molecule has 0 aliphatic heterocycles. The number of benzene rings is 1. The lowest BCUT2D eigenvalue weighted by Gasteiger charge is -2.04. The minimum Gasteiger partial charge on any atom is -0.364 e. The molecule has 0 spiro atoms. The second-order valence-corrected chi connectivity index (χ2v) is 5.47. The zero-order valence-corrected chi connectivity index (χ0v) is 12.0. The van der Waals surface area contributed by atoms with Crippen LogP contribution in [0, 0.1) is 0 Å². The Labute approximate surface area is 125 Å². The number of aromatic nitrogens is 2. The first-order chi connectivity index (χ1) is 10.3. The van der Waals surface area contributed by atoms with Gasteiger partial charge in [-0.15, -0.1) is 11.3 Å². The Hall–Kier alpha value is -2.31. The molecule has 1 amide bonds. The fourth-order valence-electron chi connectivity index (χ4n) is 1.85. The summed E-state index contributed by atoms with van der Waals surface area (Å²) in [7, 11) is 0. The van der Waals surface area contributed by atoms with E-state index in [1.54, 1.807) is 35.9 Å². The molecule has 0 aliphatic rings. The monoisotopic (exact) mass is 299 g/mol. The molecule has 0 bridgehead atoms. The molecule has 6 heteroatoms. The molecule has 1 aromatic carbocycles. The maximum Gasteiger partial charge on any atom is 0.250 e. The third kappa shape index (κ3) is 3.62. The van der Waals surface area contributed by atoms with E-state index in [1.807, 2.05) is 24.3 Å². The van der Waals surface area contributed by atoms with Gasteiger partial charge in [0.05, 0.1) is 16.8 Å². The van der Waals surface area contributed by atoms with Crippen molar-refractivity contribution in [3.8, 4) is 0 Å². The molecule has 21 heavy (non-hydrogen) atoms. The number of amides is 1. The van der Waals surface area contributed by atoms with Crippen LogP contribution in [0.15, 0.2) is 48.8 Å². The van der Waals surface area contributed by atoms with Crippen molar-refractivity contribution in [1.29, 1.82) is 0 Å². The van der Waals surface area contributed by atoms with Crippen molar-refractivity contribution in [2.24, 2.45) is 0 Å². The van der Waals surface area contributed by atoms with E-state index in [4.69, 9.17) is 4.74 Å². The summed E-state index contributed by atoms with van der Waals surface area (Å²) in [6, 6.07) is 11.4. The summed E-state index contributed by atoms with van der Waals surface area (Å²) in [5, 5.41) is 3.60. The number of rotatable bonds is 5. The van der Waals surface area contributed by atoms with Crippen LogP contribution in [0.25, 0.3) is 10.2 Å². The summed E-state index contributed by atoms with van der Waals surface area (Å²) in [5.41, 5.74) is 1.67. The van der Waals surface area contributed by atoms with Gasteiger partial charge in [0, 0.05) is 18.1 Å². The van der Waals surface area contributed by atoms with Gasteiger partial charge >= 0.3 is 0 Å². The number of thiazole rings is 1. The first kappa shape index (κ1) is 13.7. The van der Waals surface area contributed by atoms with Crippen LogP contribution in [0.1, 0.15) is 5.01 Å². The van der Waals surface area contributed by atoms with Crippen LogP contribution in [-0.4, -0.2) is 22.5 Å². The lowest BCUT2D eigenvalue weighted by atomic mass is 10.3. The number of nitrogens with zero attached hydrogens (tertiary/aromatic N) is 2. The van der Waals surface area contributed by atoms with Crippen LogP contribution in [0.2, 0.25) is 0 Å². The van der Waals surface area contributed by atoms with Crippen molar-refractivity contribution < 1.29 is 9.53 Å². The lowest BCUT2D eigenvalue weighted by molar-refractivity contribution is -0.121. The molecule has 106 valence electrons. The van der Waals surface area contributed by atoms with Gasteiger partial charge < -0.3 is 10.1 Å². The van der Waals surface area contributed by atoms with Gasteiger partial charge in [-0.2, -0.15) is 0 Å². The number of carbonyl (C=O) groups excluding carboxylic acids is 1. The Morgan fingerprint density at radius 3 is 2.81 bits per heavy atom. The van der Waals surface area contributed by atoms with Crippen LogP contribution in [0.5, 0.6) is 0 Å². The van der Waals surface area contributed by atoms with Crippen LogP contribution in [0.4, 0.5) is 5.69 Å². The smallest absolute Gasteiger partial charge is 0.250 e. The van der Waals surface area contributed by atoms with E-state index in [0.29, 0.717) is 12.3 Å². The molecule has 0 fully saturated rings. The number of ether oxygens (including phenoxy) is 1. The maximum atomic E-state index is 11.7. The molecule has 0 saturated heterocycles. The first-order valence-electron chi connectivity index (χ1n) is 6.43. The van der Waals surface area contributed by atoms with Crippen molar-refractivity contribution in [1.82, 2.24) is 9.97 Å². The van der Waals surface area contributed by atoms with E-state index in [1.165, 1.54) is 0 Å². The molecule has 0 unspecified atom stereocenters. The topological polar surface area (TPSA) is 64.1 Å². The molecule has 1 N–H and O–H groups in total. The van der Waals surface area contributed by atoms with Gasteiger partial charge in [0.15, 0.2) is 0 Å². The number of para-hydroxylation sites is 1. The molecule has 2 aromatic heterocycles. The SMILES string of the molecule is O=C(COCc1nc2ccccc2s1)Nc1ccncc1. The predicted octanol–water partition coefficient (Wildman–Crippen LogP) is 2.85. The highest BCUT2D eigenvalue weighted by Crippen LogP contribution is 2.21. The average molecular weight is 299 g/mol. The Bertz CT molecular complexity index is 710. The number of carbonyl (C=O) groups is 1. The molecule has 3 aromatic rings. The van der Waals surface area contributed by atoms with Gasteiger partial charge in [-0.3, -0.25) is 9.78 Å². The Morgan fingerprint density at radius 1 is 1.19 bits per heavy atom. The molecule has 0 atom stereocenters. The molecule has 0 radical (unpaired) electrons. The van der Waals surface area contributed by atoms with E-state index < -0.39 is 0 Å². The first-order valence-corrected chi connectivity index (χ1v) is 7.25. The maximum absolute atomic E-state index is 11.7. The number of pyridine rings is 1. The number of anilines is 1. The summed E-state index contributed by atoms with van der Waals surface area (Å²) in [5.74, 6) is -0.192. The van der Waals surface area contributed by atoms with Gasteiger partial charge in [0.1, 0.15) is 11.6 Å². The highest BCUT2D eigenvalue weighted by Gasteiger charge is 2.06. The van der Waals surface area contributed by atoms with Gasteiger partial charge in [0.2, 0.25) is 5.91 Å². The van der Waals surface area contributed by atoms with Gasteiger partial charge in [-0.1, -0.05) is 12.1 Å². The Morgan fingerprint density at radius 2 is 2.00 bits per heavy atom. The standard InChI is InChI=1S/C15H13N3O2S/c19-14(17-11-5-7-16-8-6-11)9-20-10-15-18-12-3-1-2-4-13(12)21-15/h1-8H,9-10H2,(H,16,17,19). The van der Waals surface area contributed by atoms with Crippen molar-refractivity contribution in [3.05, 3.63) is 53.8 Å². The third-order valence-corrected chi connectivity index (χ3v) is 3.77. The quantitative estimate of drug-likeness (QED) is 0.787. The van der Waals surface area contributed by atoms with E-state index in [-0.39, 0.29) is 12.5 Å². The zero-order valence-electron chi connectivity index (χ0n) is 11.2. The number of nitrogens with one attached hydrogen (secondary N) is 1. The molecule has 0 saturated carbocycles. The van der Waals surface area contributed by atoms with E-state index in [0.717, 1.165) is 15.2 Å². The number of hydrogen-bond donors (Lipinski definition) is 1. The summed E-state index contributed by atoms with van der Waals surface area (Å²) in [6.07, 6.45) is 3.25. The number of fused-ring (bicyclic) bond motifs is 1. The summed E-state index contributed by atoms with van der Waals surface area (Å²) in [4.78, 5) is 20.0. The fourth-order valence-corrected chi connectivity index (χ4v) is 2.75. The lowest BCUT2D eigenvalue weighted by Crippen LogP contribution is -2.18. The molecular weight excluding hydrogens is 286 g/mol. The molecular formula is C15H13N3O2S. The summed E-state index contributed by atoms with van der Waals surface area (Å²) in [6.45, 7) is 0.335. The second-order valence-electron chi connectivity index (χ2n) is 4.35. The summed E-state index contributed by atoms with van der Waals surface area (Å²) < 4.78 is 6.53. The van der Waals surface area contributed by atoms with Crippen LogP contribution >= 0.6 is 11.3 Å². The van der Waals surface area contributed by atoms with Crippen LogP contribution < -0.4 is 5.32 Å². The molecule has 3 rings (SSSR count). The normalized spacial score (nSPS) is 10.7. The molecule has 2 heterocycles. The van der Waals surface area contributed by atoms with Crippen molar-refractivity contribution >= 4 is 33.1 Å². The Balaban J connectivity index is 1.50. The second kappa shape index (κ2) is 6.43. The minimum atomic E-state index is -0.192. The van der Waals surface area contributed by atoms with Gasteiger partial charge in [-0.05, 0) is 24.3 Å². The van der Waals surface area contributed by atoms with E-state index in [9.17, 15) is 4.79 Å². The van der Waals surface area contributed by atoms with Crippen LogP contribution in [-0.2, 0) is 16.1 Å². The van der Waals surface area contributed by atoms with E-state index in [2.05, 4.69) is 15.3 Å². The molecule has 5 nitrogen and oxygen atoms in total. The zero-order chi connectivity index (χ0) is 14.5. The summed E-state index contributed by atoms with van der Waals surface area (Å²) >= 11 is 1.58. The van der Waals surface area contributed by atoms with E-state index >= 15 is 0 Å². The largest absolute Gasteiger partial charge is 0.364 e. The van der Waals surface area contributed by atoms with Gasteiger partial charge in [-0.25, -0.2) is 4.98 Å². The van der Waals surface area contributed by atoms with Crippen molar-refractivity contribution in [2.45, 2.75) is 6.61 Å². The predicted molar refractivity (Wildman–Crippen MR) is 82.1 cm³/mol. The van der Waals surface area contributed by atoms with Crippen molar-refractivity contribution in [2.75, 3.05) is 11.9 Å². The highest BCUT2D eigenvalue weighted by atomic mass is 32.1.